The normalized spacial score (nSPS) is 15.1. The van der Waals surface area contributed by atoms with Gasteiger partial charge in [0.1, 0.15) is 0 Å². The highest BCUT2D eigenvalue weighted by Gasteiger charge is 2.33. The van der Waals surface area contributed by atoms with Crippen LogP contribution in [0.5, 0.6) is 0 Å². The third kappa shape index (κ3) is 4.99. The highest BCUT2D eigenvalue weighted by molar-refractivity contribution is 5.99. The van der Waals surface area contributed by atoms with E-state index in [2.05, 4.69) is 5.32 Å². The van der Waals surface area contributed by atoms with Crippen LogP contribution in [0.25, 0.3) is 0 Å². The average Bonchev–Trinajstić information content (AvgIpc) is 2.99. The summed E-state index contributed by atoms with van der Waals surface area (Å²) < 4.78 is 39.6. The number of benzene rings is 1. The zero-order valence-electron chi connectivity index (χ0n) is 15.0. The minimum absolute atomic E-state index is 0.00758. The number of aliphatic carboxylic acids is 1. The molecule has 0 saturated carbocycles. The van der Waals surface area contributed by atoms with E-state index in [1.54, 1.807) is 0 Å². The Kier molecular flexibility index (Phi) is 5.82. The lowest BCUT2D eigenvalue weighted by atomic mass is 9.89. The molecule has 9 heteroatoms. The van der Waals surface area contributed by atoms with Crippen LogP contribution in [0.4, 0.5) is 18.9 Å². The van der Waals surface area contributed by atoms with Crippen LogP contribution in [0.15, 0.2) is 18.2 Å². The molecule has 2 amide bonds. The van der Waals surface area contributed by atoms with Crippen molar-refractivity contribution in [1.29, 1.82) is 0 Å². The van der Waals surface area contributed by atoms with Gasteiger partial charge in [-0.1, -0.05) is 0 Å². The van der Waals surface area contributed by atoms with Crippen LogP contribution in [0, 0.1) is 5.41 Å². The molecule has 1 aromatic rings. The van der Waals surface area contributed by atoms with Crippen molar-refractivity contribution < 1.29 is 32.7 Å². The van der Waals surface area contributed by atoms with Gasteiger partial charge in [0.25, 0.3) is 5.91 Å². The third-order valence-electron chi connectivity index (χ3n) is 4.51. The zero-order valence-corrected chi connectivity index (χ0v) is 15.0. The van der Waals surface area contributed by atoms with E-state index in [0.29, 0.717) is 13.0 Å². The van der Waals surface area contributed by atoms with Crippen molar-refractivity contribution in [3.63, 3.8) is 0 Å². The Balaban J connectivity index is 2.23. The number of carbonyl (C=O) groups is 3. The van der Waals surface area contributed by atoms with E-state index in [-0.39, 0.29) is 36.5 Å². The Labute approximate surface area is 154 Å². The molecule has 1 aliphatic heterocycles. The van der Waals surface area contributed by atoms with E-state index >= 15 is 0 Å². The highest BCUT2D eigenvalue weighted by Crippen LogP contribution is 2.34. The van der Waals surface area contributed by atoms with Gasteiger partial charge in [-0.15, -0.1) is 0 Å². The Morgan fingerprint density at radius 2 is 1.89 bits per heavy atom. The van der Waals surface area contributed by atoms with Gasteiger partial charge in [-0.05, 0) is 44.9 Å². The Bertz CT molecular complexity index is 759. The number of carbonyl (C=O) groups excluding carboxylic acids is 2. The van der Waals surface area contributed by atoms with Crippen molar-refractivity contribution >= 4 is 23.5 Å². The molecule has 0 spiro atoms. The monoisotopic (exact) mass is 386 g/mol. The fraction of sp³-hybridized carbons (Fsp3) is 0.500. The summed E-state index contributed by atoms with van der Waals surface area (Å²) in [6, 6.07) is 2.82. The van der Waals surface area contributed by atoms with Gasteiger partial charge in [0.15, 0.2) is 0 Å². The van der Waals surface area contributed by atoms with E-state index < -0.39 is 29.0 Å². The van der Waals surface area contributed by atoms with Crippen molar-refractivity contribution in [3.05, 3.63) is 29.3 Å². The molecule has 0 unspecified atom stereocenters. The molecular weight excluding hydrogens is 365 g/mol. The van der Waals surface area contributed by atoms with Crippen LogP contribution in [-0.2, 0) is 15.8 Å². The molecule has 0 aromatic heterocycles. The molecule has 0 radical (unpaired) electrons. The third-order valence-corrected chi connectivity index (χ3v) is 4.51. The molecule has 0 bridgehead atoms. The number of halogens is 3. The quantitative estimate of drug-likeness (QED) is 0.787. The number of hydrogen-bond donors (Lipinski definition) is 2. The minimum atomic E-state index is -4.67. The van der Waals surface area contributed by atoms with Crippen molar-refractivity contribution in [2.24, 2.45) is 5.41 Å². The Hall–Kier alpha value is -2.58. The first kappa shape index (κ1) is 20.7. The zero-order chi connectivity index (χ0) is 20.4. The van der Waals surface area contributed by atoms with Gasteiger partial charge < -0.3 is 15.3 Å². The van der Waals surface area contributed by atoms with Crippen LogP contribution >= 0.6 is 0 Å². The summed E-state index contributed by atoms with van der Waals surface area (Å²) in [5, 5.41) is 11.5. The summed E-state index contributed by atoms with van der Waals surface area (Å²) >= 11 is 0. The number of anilines is 1. The summed E-state index contributed by atoms with van der Waals surface area (Å²) in [5.74, 6) is -2.08. The fourth-order valence-corrected chi connectivity index (χ4v) is 2.68. The topological polar surface area (TPSA) is 86.7 Å². The minimum Gasteiger partial charge on any atom is -0.481 e. The van der Waals surface area contributed by atoms with Crippen LogP contribution in [0.1, 0.15) is 49.0 Å². The molecule has 2 N–H and O–H groups in total. The predicted molar refractivity (Wildman–Crippen MR) is 91.4 cm³/mol. The summed E-state index contributed by atoms with van der Waals surface area (Å²) in [6.45, 7) is 3.27. The lowest BCUT2D eigenvalue weighted by Crippen LogP contribution is -2.32. The second-order valence-electron chi connectivity index (χ2n) is 7.11. The number of nitrogens with zero attached hydrogens (tertiary/aromatic N) is 1. The van der Waals surface area contributed by atoms with E-state index in [0.717, 1.165) is 12.1 Å². The number of alkyl halides is 3. The molecule has 148 valence electrons. The summed E-state index contributed by atoms with van der Waals surface area (Å²) in [6.07, 6.45) is -3.76. The number of nitrogens with one attached hydrogen (secondary N) is 1. The summed E-state index contributed by atoms with van der Waals surface area (Å²) in [7, 11) is 0. The van der Waals surface area contributed by atoms with E-state index in [1.807, 2.05) is 0 Å². The maximum absolute atomic E-state index is 13.2. The molecule has 1 saturated heterocycles. The highest BCUT2D eigenvalue weighted by atomic mass is 19.4. The predicted octanol–water partition coefficient (Wildman–Crippen LogP) is 3.06. The summed E-state index contributed by atoms with van der Waals surface area (Å²) in [4.78, 5) is 36.5. The molecule has 27 heavy (non-hydrogen) atoms. The molecule has 1 aliphatic rings. The van der Waals surface area contributed by atoms with E-state index in [9.17, 15) is 27.6 Å². The molecule has 2 rings (SSSR count). The van der Waals surface area contributed by atoms with Gasteiger partial charge in [-0.3, -0.25) is 14.4 Å². The van der Waals surface area contributed by atoms with Gasteiger partial charge in [-0.2, -0.15) is 13.2 Å². The fourth-order valence-electron chi connectivity index (χ4n) is 2.68. The number of carboxylic acid groups (broad SMARTS) is 1. The average molecular weight is 386 g/mol. The Morgan fingerprint density at radius 3 is 2.41 bits per heavy atom. The van der Waals surface area contributed by atoms with Crippen molar-refractivity contribution in [2.75, 3.05) is 18.0 Å². The largest absolute Gasteiger partial charge is 0.481 e. The lowest BCUT2D eigenvalue weighted by molar-refractivity contribution is -0.147. The lowest BCUT2D eigenvalue weighted by Gasteiger charge is -2.20. The second kappa shape index (κ2) is 7.58. The Morgan fingerprint density at radius 1 is 1.22 bits per heavy atom. The summed E-state index contributed by atoms with van der Waals surface area (Å²) in [5.41, 5.74) is -2.29. The number of amides is 2. The number of rotatable bonds is 6. The first-order valence-corrected chi connectivity index (χ1v) is 8.46. The molecule has 0 atom stereocenters. The van der Waals surface area contributed by atoms with Gasteiger partial charge in [0.2, 0.25) is 5.91 Å². The molecule has 0 aliphatic carbocycles. The van der Waals surface area contributed by atoms with Crippen LogP contribution < -0.4 is 10.2 Å². The van der Waals surface area contributed by atoms with Crippen LogP contribution in [-0.4, -0.2) is 36.0 Å². The molecule has 6 nitrogen and oxygen atoms in total. The van der Waals surface area contributed by atoms with Crippen molar-refractivity contribution in [2.45, 2.75) is 39.3 Å². The molecular formula is C18H21F3N2O4. The SMILES string of the molecule is CC(C)(CCNC(=O)c1cc(N2CCCC2=O)cc(C(F)(F)F)c1)C(=O)O. The van der Waals surface area contributed by atoms with E-state index in [4.69, 9.17) is 5.11 Å². The van der Waals surface area contributed by atoms with Gasteiger partial charge in [0.05, 0.1) is 11.0 Å². The second-order valence-corrected chi connectivity index (χ2v) is 7.11. The van der Waals surface area contributed by atoms with Gasteiger partial charge in [-0.25, -0.2) is 0 Å². The van der Waals surface area contributed by atoms with Gasteiger partial charge >= 0.3 is 12.1 Å². The van der Waals surface area contributed by atoms with Crippen LogP contribution in [0.3, 0.4) is 0 Å². The maximum Gasteiger partial charge on any atom is 0.416 e. The standard InChI is InChI=1S/C18H21F3N2O4/c1-17(2,16(26)27)5-6-22-15(25)11-8-12(18(19,20)21)10-13(9-11)23-7-3-4-14(23)24/h8-10H,3-7H2,1-2H3,(H,22,25)(H,26,27). The molecule has 1 aromatic carbocycles. The maximum atomic E-state index is 13.2. The molecule has 1 fully saturated rings. The first-order valence-electron chi connectivity index (χ1n) is 8.46. The first-order chi connectivity index (χ1) is 12.4. The smallest absolute Gasteiger partial charge is 0.416 e. The van der Waals surface area contributed by atoms with Crippen molar-refractivity contribution in [3.8, 4) is 0 Å². The number of carboxylic acids is 1. The van der Waals surface area contributed by atoms with Crippen molar-refractivity contribution in [1.82, 2.24) is 5.32 Å². The van der Waals surface area contributed by atoms with E-state index in [1.165, 1.54) is 24.8 Å². The number of hydrogen-bond acceptors (Lipinski definition) is 3. The van der Waals surface area contributed by atoms with Gasteiger partial charge in [0, 0.05) is 30.8 Å². The molecule has 1 heterocycles. The van der Waals surface area contributed by atoms with Crippen LogP contribution in [0.2, 0.25) is 0 Å².